The molecular weight excluding hydrogens is 336 g/mol. The van der Waals surface area contributed by atoms with Crippen molar-refractivity contribution < 1.29 is 14.4 Å². The van der Waals surface area contributed by atoms with E-state index in [0.717, 1.165) is 16.3 Å². The van der Waals surface area contributed by atoms with E-state index in [1.54, 1.807) is 26.0 Å². The van der Waals surface area contributed by atoms with Crippen LogP contribution in [0.5, 0.6) is 0 Å². The minimum Gasteiger partial charge on any atom is -0.355 e. The number of carbonyl (C=O) groups excluding carboxylic acids is 3. The number of H-pyrrole nitrogens is 1. The van der Waals surface area contributed by atoms with Crippen LogP contribution in [0.2, 0.25) is 0 Å². The predicted molar refractivity (Wildman–Crippen MR) is 101 cm³/mol. The highest BCUT2D eigenvalue weighted by atomic mass is 32.2. The lowest BCUT2D eigenvalue weighted by atomic mass is 10.0. The molecule has 2 rings (SSSR count). The van der Waals surface area contributed by atoms with Gasteiger partial charge >= 0.3 is 0 Å². The molecule has 1 aromatic carbocycles. The summed E-state index contributed by atoms with van der Waals surface area (Å²) in [5.74, 6) is -0.203. The van der Waals surface area contributed by atoms with Crippen molar-refractivity contribution >= 4 is 34.9 Å². The molecule has 0 saturated carbocycles. The first-order chi connectivity index (χ1) is 11.7. The van der Waals surface area contributed by atoms with E-state index in [0.29, 0.717) is 16.8 Å². The summed E-state index contributed by atoms with van der Waals surface area (Å²) in [7, 11) is 0. The van der Waals surface area contributed by atoms with Crippen LogP contribution in [0.25, 0.3) is 0 Å². The number of aromatic nitrogens is 1. The minimum atomic E-state index is -0.303. The number of rotatable bonds is 6. The molecule has 0 aliphatic rings. The first-order valence-electron chi connectivity index (χ1n) is 7.99. The van der Waals surface area contributed by atoms with Gasteiger partial charge in [-0.1, -0.05) is 0 Å². The van der Waals surface area contributed by atoms with E-state index in [9.17, 15) is 14.4 Å². The maximum atomic E-state index is 12.8. The second-order valence-electron chi connectivity index (χ2n) is 6.01. The van der Waals surface area contributed by atoms with Crippen LogP contribution in [0.15, 0.2) is 29.2 Å². The van der Waals surface area contributed by atoms with E-state index in [-0.39, 0.29) is 22.7 Å². The molecule has 0 bridgehead atoms. The molecule has 0 radical (unpaired) electrons. The summed E-state index contributed by atoms with van der Waals surface area (Å²) in [5, 5.41) is 2.41. The van der Waals surface area contributed by atoms with Gasteiger partial charge in [-0.2, -0.15) is 0 Å². The van der Waals surface area contributed by atoms with Gasteiger partial charge in [0.1, 0.15) is 0 Å². The largest absolute Gasteiger partial charge is 0.355 e. The fourth-order valence-electron chi connectivity index (χ4n) is 2.81. The van der Waals surface area contributed by atoms with E-state index >= 15 is 0 Å². The molecule has 0 fully saturated rings. The van der Waals surface area contributed by atoms with Crippen LogP contribution in [0.1, 0.15) is 52.9 Å². The fraction of sp³-hybridized carbons (Fsp3) is 0.316. The van der Waals surface area contributed by atoms with Gasteiger partial charge in [0.25, 0.3) is 0 Å². The molecule has 2 N–H and O–H groups in total. The number of ketones is 2. The zero-order valence-electron chi connectivity index (χ0n) is 15.0. The highest BCUT2D eigenvalue weighted by molar-refractivity contribution is 8.00. The van der Waals surface area contributed by atoms with Crippen LogP contribution < -0.4 is 5.32 Å². The van der Waals surface area contributed by atoms with Crippen molar-refractivity contribution in [2.24, 2.45) is 0 Å². The molecule has 1 heterocycles. The third kappa shape index (κ3) is 4.39. The molecule has 0 saturated heterocycles. The number of carbonyl (C=O) groups is 3. The molecule has 1 atom stereocenters. The summed E-state index contributed by atoms with van der Waals surface area (Å²) in [4.78, 5) is 39.5. The molecule has 1 amide bonds. The Labute approximate surface area is 151 Å². The quantitative estimate of drug-likeness (QED) is 0.600. The van der Waals surface area contributed by atoms with E-state index in [4.69, 9.17) is 0 Å². The number of Topliss-reactive ketones (excluding diaryl/α,β-unsaturated/α-hetero) is 2. The van der Waals surface area contributed by atoms with Gasteiger partial charge in [-0.25, -0.2) is 0 Å². The van der Waals surface area contributed by atoms with Crippen molar-refractivity contribution in [2.75, 3.05) is 5.32 Å². The zero-order valence-corrected chi connectivity index (χ0v) is 15.8. The second-order valence-corrected chi connectivity index (χ2v) is 7.43. The third-order valence-corrected chi connectivity index (χ3v) is 5.00. The van der Waals surface area contributed by atoms with Crippen molar-refractivity contribution in [3.05, 3.63) is 46.8 Å². The lowest BCUT2D eigenvalue weighted by molar-refractivity contribution is -0.114. The Balaban J connectivity index is 2.14. The number of hydrogen-bond acceptors (Lipinski definition) is 4. The van der Waals surface area contributed by atoms with E-state index in [1.807, 2.05) is 19.1 Å². The summed E-state index contributed by atoms with van der Waals surface area (Å²) in [6.45, 7) is 8.41. The summed E-state index contributed by atoms with van der Waals surface area (Å²) in [5.41, 5.74) is 3.25. The van der Waals surface area contributed by atoms with Gasteiger partial charge in [-0.15, -0.1) is 11.8 Å². The van der Waals surface area contributed by atoms with E-state index in [1.165, 1.54) is 25.6 Å². The van der Waals surface area contributed by atoms with Gasteiger partial charge in [0.05, 0.1) is 10.9 Å². The Hall–Kier alpha value is -2.34. The summed E-state index contributed by atoms with van der Waals surface area (Å²) in [6, 6.07) is 7.35. The van der Waals surface area contributed by atoms with E-state index in [2.05, 4.69) is 10.3 Å². The lowest BCUT2D eigenvalue weighted by Gasteiger charge is -2.11. The smallest absolute Gasteiger partial charge is 0.221 e. The van der Waals surface area contributed by atoms with Crippen molar-refractivity contribution in [1.29, 1.82) is 0 Å². The molecule has 0 spiro atoms. The molecule has 0 unspecified atom stereocenters. The number of amides is 1. The molecule has 2 aromatic rings. The lowest BCUT2D eigenvalue weighted by Crippen LogP contribution is -2.15. The molecule has 0 aliphatic carbocycles. The van der Waals surface area contributed by atoms with Crippen LogP contribution in [0.4, 0.5) is 5.69 Å². The van der Waals surface area contributed by atoms with Crippen molar-refractivity contribution in [3.63, 3.8) is 0 Å². The van der Waals surface area contributed by atoms with Gasteiger partial charge in [-0.05, 0) is 57.5 Å². The number of anilines is 1. The minimum absolute atomic E-state index is 0.0379. The van der Waals surface area contributed by atoms with Gasteiger partial charge in [0.15, 0.2) is 11.6 Å². The topological polar surface area (TPSA) is 79.0 Å². The van der Waals surface area contributed by atoms with Crippen LogP contribution in [0.3, 0.4) is 0 Å². The molecular formula is C19H22N2O3S. The van der Waals surface area contributed by atoms with Crippen molar-refractivity contribution in [2.45, 2.75) is 44.8 Å². The second kappa shape index (κ2) is 7.70. The van der Waals surface area contributed by atoms with E-state index < -0.39 is 0 Å². The SMILES string of the molecule is CC(=O)Nc1ccc(S[C@@H](C)C(=O)c2[nH]c(C)c(C(C)=O)c2C)cc1. The molecule has 1 aromatic heterocycles. The number of hydrogen-bond donors (Lipinski definition) is 2. The predicted octanol–water partition coefficient (Wildman–Crippen LogP) is 4.16. The van der Waals surface area contributed by atoms with Crippen LogP contribution in [-0.4, -0.2) is 27.7 Å². The summed E-state index contributed by atoms with van der Waals surface area (Å²) < 4.78 is 0. The normalized spacial score (nSPS) is 11.9. The first-order valence-corrected chi connectivity index (χ1v) is 8.87. The molecule has 0 aliphatic heterocycles. The Morgan fingerprint density at radius 3 is 2.16 bits per heavy atom. The Morgan fingerprint density at radius 2 is 1.68 bits per heavy atom. The van der Waals surface area contributed by atoms with Crippen LogP contribution >= 0.6 is 11.8 Å². The van der Waals surface area contributed by atoms with Gasteiger partial charge in [0.2, 0.25) is 5.91 Å². The highest BCUT2D eigenvalue weighted by Gasteiger charge is 2.24. The van der Waals surface area contributed by atoms with Gasteiger partial charge in [-0.3, -0.25) is 14.4 Å². The average Bonchev–Trinajstić information content (AvgIpc) is 2.82. The first kappa shape index (κ1) is 19.0. The summed E-state index contributed by atoms with van der Waals surface area (Å²) >= 11 is 1.44. The van der Waals surface area contributed by atoms with Crippen molar-refractivity contribution in [1.82, 2.24) is 4.98 Å². The third-order valence-electron chi connectivity index (χ3n) is 3.89. The number of aryl methyl sites for hydroxylation is 1. The number of benzene rings is 1. The number of aromatic amines is 1. The molecule has 132 valence electrons. The van der Waals surface area contributed by atoms with Crippen LogP contribution in [-0.2, 0) is 4.79 Å². The monoisotopic (exact) mass is 358 g/mol. The molecule has 5 nitrogen and oxygen atoms in total. The van der Waals surface area contributed by atoms with Crippen LogP contribution in [0, 0.1) is 13.8 Å². The average molecular weight is 358 g/mol. The maximum Gasteiger partial charge on any atom is 0.221 e. The number of thioether (sulfide) groups is 1. The Bertz CT molecular complexity index is 822. The molecule has 6 heteroatoms. The standard InChI is InChI=1S/C19H22N2O3S/c1-10-17(12(3)22)11(2)20-18(10)19(24)13(4)25-16-8-6-15(7-9-16)21-14(5)23/h6-9,13,20H,1-5H3,(H,21,23)/t13-/m0/s1. The van der Waals surface area contributed by atoms with Gasteiger partial charge < -0.3 is 10.3 Å². The Kier molecular flexibility index (Phi) is 5.85. The van der Waals surface area contributed by atoms with Gasteiger partial charge in [0, 0.05) is 28.8 Å². The molecule has 25 heavy (non-hydrogen) atoms. The van der Waals surface area contributed by atoms with Crippen molar-refractivity contribution in [3.8, 4) is 0 Å². The fourth-order valence-corrected chi connectivity index (χ4v) is 3.73. The maximum absolute atomic E-state index is 12.8. The summed E-state index contributed by atoms with van der Waals surface area (Å²) in [6.07, 6.45) is 0. The Morgan fingerprint density at radius 1 is 1.08 bits per heavy atom. The highest BCUT2D eigenvalue weighted by Crippen LogP contribution is 2.28. The number of nitrogens with one attached hydrogen (secondary N) is 2. The zero-order chi connectivity index (χ0) is 18.7.